The highest BCUT2D eigenvalue weighted by Crippen LogP contribution is 2.30. The summed E-state index contributed by atoms with van der Waals surface area (Å²) in [6, 6.07) is 1.69. The average molecular weight is 221 g/mol. The van der Waals surface area contributed by atoms with Crippen LogP contribution in [0.2, 0.25) is 0 Å². The van der Waals surface area contributed by atoms with E-state index in [-0.39, 0.29) is 17.7 Å². The monoisotopic (exact) mass is 221 g/mol. The maximum absolute atomic E-state index is 12.1. The van der Waals surface area contributed by atoms with E-state index in [0.29, 0.717) is 6.42 Å². The molecule has 1 amide bonds. The maximum Gasteiger partial charge on any atom is 0.228 e. The van der Waals surface area contributed by atoms with Crippen molar-refractivity contribution < 1.29 is 9.59 Å². The van der Waals surface area contributed by atoms with Crippen LogP contribution in [0.3, 0.4) is 0 Å². The molecule has 1 saturated heterocycles. The molecule has 1 atom stereocenters. The second-order valence-corrected chi connectivity index (χ2v) is 5.04. The van der Waals surface area contributed by atoms with Crippen LogP contribution < -0.4 is 0 Å². The summed E-state index contributed by atoms with van der Waals surface area (Å²) in [7, 11) is 0. The number of carbonyl (C=O) groups is 2. The van der Waals surface area contributed by atoms with Crippen LogP contribution in [0.15, 0.2) is 11.4 Å². The van der Waals surface area contributed by atoms with Gasteiger partial charge in [-0.05, 0) is 24.3 Å². The number of thiophene rings is 1. The predicted octanol–water partition coefficient (Wildman–Crippen LogP) is 1.48. The first kappa shape index (κ1) is 9.09. The van der Waals surface area contributed by atoms with Gasteiger partial charge in [-0.1, -0.05) is 0 Å². The fourth-order valence-corrected chi connectivity index (χ4v) is 3.32. The van der Waals surface area contributed by atoms with Gasteiger partial charge in [0.25, 0.3) is 0 Å². The van der Waals surface area contributed by atoms with Gasteiger partial charge in [-0.25, -0.2) is 0 Å². The molecule has 0 saturated carbocycles. The number of rotatable bonds is 0. The SMILES string of the molecule is O=C1c2ccsc2CC(=O)N2CCCC12. The molecule has 0 N–H and O–H groups in total. The number of Topliss-reactive ketones (excluding diaryl/α,β-unsaturated/α-hetero) is 1. The van der Waals surface area contributed by atoms with Gasteiger partial charge >= 0.3 is 0 Å². The highest BCUT2D eigenvalue weighted by Gasteiger charge is 2.38. The van der Waals surface area contributed by atoms with Gasteiger partial charge in [-0.15, -0.1) is 11.3 Å². The quantitative estimate of drug-likeness (QED) is 0.665. The summed E-state index contributed by atoms with van der Waals surface area (Å²) in [4.78, 5) is 26.7. The van der Waals surface area contributed by atoms with Crippen molar-refractivity contribution >= 4 is 23.0 Å². The van der Waals surface area contributed by atoms with Gasteiger partial charge in [0.2, 0.25) is 5.91 Å². The van der Waals surface area contributed by atoms with E-state index in [1.807, 2.05) is 11.4 Å². The number of fused-ring (bicyclic) bond motifs is 2. The Bertz CT molecular complexity index is 438. The Balaban J connectivity index is 2.09. The fraction of sp³-hybridized carbons (Fsp3) is 0.455. The van der Waals surface area contributed by atoms with E-state index in [0.717, 1.165) is 29.8 Å². The second-order valence-electron chi connectivity index (χ2n) is 4.04. The molecule has 0 spiro atoms. The van der Waals surface area contributed by atoms with Crippen molar-refractivity contribution in [3.63, 3.8) is 0 Å². The first-order valence-electron chi connectivity index (χ1n) is 5.17. The van der Waals surface area contributed by atoms with E-state index in [1.165, 1.54) is 11.3 Å². The Morgan fingerprint density at radius 3 is 3.13 bits per heavy atom. The first-order valence-corrected chi connectivity index (χ1v) is 6.05. The summed E-state index contributed by atoms with van der Waals surface area (Å²) in [5, 5.41) is 1.90. The summed E-state index contributed by atoms with van der Waals surface area (Å²) in [5.41, 5.74) is 0.780. The lowest BCUT2D eigenvalue weighted by molar-refractivity contribution is -0.130. The van der Waals surface area contributed by atoms with E-state index in [9.17, 15) is 9.59 Å². The summed E-state index contributed by atoms with van der Waals surface area (Å²) >= 11 is 1.52. The van der Waals surface area contributed by atoms with Crippen molar-refractivity contribution in [3.05, 3.63) is 21.9 Å². The molecule has 0 aliphatic carbocycles. The van der Waals surface area contributed by atoms with Gasteiger partial charge in [-0.3, -0.25) is 9.59 Å². The van der Waals surface area contributed by atoms with E-state index in [2.05, 4.69) is 0 Å². The van der Waals surface area contributed by atoms with Crippen LogP contribution in [0.5, 0.6) is 0 Å². The molecule has 4 heteroatoms. The number of hydrogen-bond donors (Lipinski definition) is 0. The number of nitrogens with zero attached hydrogens (tertiary/aromatic N) is 1. The third kappa shape index (κ3) is 1.24. The molecule has 0 aromatic carbocycles. The molecular weight excluding hydrogens is 210 g/mol. The second kappa shape index (κ2) is 3.17. The molecule has 15 heavy (non-hydrogen) atoms. The zero-order valence-corrected chi connectivity index (χ0v) is 9.05. The first-order chi connectivity index (χ1) is 7.27. The van der Waals surface area contributed by atoms with Crippen LogP contribution in [0, 0.1) is 0 Å². The van der Waals surface area contributed by atoms with Crippen molar-refractivity contribution in [2.45, 2.75) is 25.3 Å². The Morgan fingerprint density at radius 1 is 1.40 bits per heavy atom. The molecule has 1 fully saturated rings. The predicted molar refractivity (Wildman–Crippen MR) is 57.1 cm³/mol. The third-order valence-corrected chi connectivity index (χ3v) is 4.12. The topological polar surface area (TPSA) is 37.4 Å². The van der Waals surface area contributed by atoms with Gasteiger partial charge in [0.05, 0.1) is 12.5 Å². The lowest BCUT2D eigenvalue weighted by Gasteiger charge is -2.20. The third-order valence-electron chi connectivity index (χ3n) is 3.20. The standard InChI is InChI=1S/C11H11NO2S/c13-10-6-9-7(3-5-15-9)11(14)8-2-1-4-12(8)10/h3,5,8H,1-2,4,6H2. The molecule has 1 aromatic heterocycles. The summed E-state index contributed by atoms with van der Waals surface area (Å²) < 4.78 is 0. The minimum atomic E-state index is -0.173. The Hall–Kier alpha value is -1.16. The van der Waals surface area contributed by atoms with Crippen molar-refractivity contribution in [1.29, 1.82) is 0 Å². The molecule has 0 radical (unpaired) electrons. The van der Waals surface area contributed by atoms with Crippen LogP contribution in [0.4, 0.5) is 0 Å². The number of ketones is 1. The maximum atomic E-state index is 12.1. The Labute approximate surface area is 91.7 Å². The molecule has 1 aromatic rings. The minimum absolute atomic E-state index is 0.118. The highest BCUT2D eigenvalue weighted by atomic mass is 32.1. The van der Waals surface area contributed by atoms with Gasteiger partial charge in [0.15, 0.2) is 5.78 Å². The number of amides is 1. The van der Waals surface area contributed by atoms with Gasteiger partial charge in [-0.2, -0.15) is 0 Å². The zero-order valence-electron chi connectivity index (χ0n) is 8.23. The van der Waals surface area contributed by atoms with Crippen LogP contribution >= 0.6 is 11.3 Å². The van der Waals surface area contributed by atoms with Gasteiger partial charge in [0, 0.05) is 17.0 Å². The van der Waals surface area contributed by atoms with E-state index in [1.54, 1.807) is 4.90 Å². The van der Waals surface area contributed by atoms with Crippen LogP contribution in [-0.4, -0.2) is 29.2 Å². The van der Waals surface area contributed by atoms with E-state index in [4.69, 9.17) is 0 Å². The zero-order chi connectivity index (χ0) is 10.4. The van der Waals surface area contributed by atoms with Crippen molar-refractivity contribution in [2.75, 3.05) is 6.54 Å². The molecule has 3 nitrogen and oxygen atoms in total. The molecule has 3 heterocycles. The van der Waals surface area contributed by atoms with Crippen LogP contribution in [0.1, 0.15) is 28.1 Å². The van der Waals surface area contributed by atoms with E-state index >= 15 is 0 Å². The summed E-state index contributed by atoms with van der Waals surface area (Å²) in [5.74, 6) is 0.265. The molecule has 0 bridgehead atoms. The van der Waals surface area contributed by atoms with Crippen molar-refractivity contribution in [1.82, 2.24) is 4.90 Å². The lowest BCUT2D eigenvalue weighted by Crippen LogP contribution is -2.38. The molecule has 78 valence electrons. The molecule has 2 aliphatic rings. The van der Waals surface area contributed by atoms with Gasteiger partial charge in [0.1, 0.15) is 0 Å². The highest BCUT2D eigenvalue weighted by molar-refractivity contribution is 7.10. The Morgan fingerprint density at radius 2 is 2.27 bits per heavy atom. The van der Waals surface area contributed by atoms with E-state index < -0.39 is 0 Å². The molecular formula is C11H11NO2S. The summed E-state index contributed by atoms with van der Waals surface area (Å²) in [6.45, 7) is 0.754. The minimum Gasteiger partial charge on any atom is -0.332 e. The lowest BCUT2D eigenvalue weighted by atomic mass is 10.0. The Kier molecular flexibility index (Phi) is 1.92. The normalized spacial score (nSPS) is 25.1. The van der Waals surface area contributed by atoms with Gasteiger partial charge < -0.3 is 4.90 Å². The smallest absolute Gasteiger partial charge is 0.228 e. The average Bonchev–Trinajstić information content (AvgIpc) is 2.82. The van der Waals surface area contributed by atoms with Crippen LogP contribution in [-0.2, 0) is 11.2 Å². The number of carbonyl (C=O) groups excluding carboxylic acids is 2. The molecule has 1 unspecified atom stereocenters. The van der Waals surface area contributed by atoms with Crippen molar-refractivity contribution in [2.24, 2.45) is 0 Å². The number of hydrogen-bond acceptors (Lipinski definition) is 3. The van der Waals surface area contributed by atoms with Crippen LogP contribution in [0.25, 0.3) is 0 Å². The molecule has 2 aliphatic heterocycles. The largest absolute Gasteiger partial charge is 0.332 e. The fourth-order valence-electron chi connectivity index (χ4n) is 2.45. The molecule has 3 rings (SSSR count). The van der Waals surface area contributed by atoms with Crippen molar-refractivity contribution in [3.8, 4) is 0 Å². The summed E-state index contributed by atoms with van der Waals surface area (Å²) in [6.07, 6.45) is 2.21.